The second kappa shape index (κ2) is 4.99. The maximum Gasteiger partial charge on any atom is 0.313 e. The van der Waals surface area contributed by atoms with E-state index < -0.39 is 5.97 Å². The van der Waals surface area contributed by atoms with Gasteiger partial charge in [0, 0.05) is 5.92 Å². The molecule has 0 saturated heterocycles. The zero-order valence-electron chi connectivity index (χ0n) is 8.06. The molecule has 6 heteroatoms. The lowest BCUT2D eigenvalue weighted by Crippen LogP contribution is -1.98. The summed E-state index contributed by atoms with van der Waals surface area (Å²) in [6.07, 6.45) is 0. The van der Waals surface area contributed by atoms with Crippen LogP contribution in [0.2, 0.25) is 0 Å². The van der Waals surface area contributed by atoms with Gasteiger partial charge in [0.1, 0.15) is 0 Å². The molecular weight excluding hydrogens is 204 g/mol. The van der Waals surface area contributed by atoms with Crippen LogP contribution in [0.4, 0.5) is 0 Å². The van der Waals surface area contributed by atoms with Gasteiger partial charge in [0.15, 0.2) is 5.82 Å². The predicted octanol–water partition coefficient (Wildman–Crippen LogP) is 1.51. The highest BCUT2D eigenvalue weighted by molar-refractivity contribution is 7.99. The Balaban J connectivity index is 2.40. The van der Waals surface area contributed by atoms with E-state index in [2.05, 4.69) is 10.1 Å². The third kappa shape index (κ3) is 3.37. The molecule has 0 aliphatic carbocycles. The molecule has 1 heterocycles. The fourth-order valence-corrected chi connectivity index (χ4v) is 1.36. The normalized spacial score (nSPS) is 10.8. The molecule has 0 aliphatic rings. The summed E-state index contributed by atoms with van der Waals surface area (Å²) < 4.78 is 4.93. The summed E-state index contributed by atoms with van der Waals surface area (Å²) in [5.74, 6) is 1.05. The number of hydrogen-bond donors (Lipinski definition) is 1. The first-order chi connectivity index (χ1) is 6.59. The number of nitrogens with zero attached hydrogens (tertiary/aromatic N) is 2. The van der Waals surface area contributed by atoms with Crippen LogP contribution < -0.4 is 0 Å². The summed E-state index contributed by atoms with van der Waals surface area (Å²) in [7, 11) is 0. The Morgan fingerprint density at radius 2 is 2.36 bits per heavy atom. The zero-order valence-corrected chi connectivity index (χ0v) is 8.87. The van der Waals surface area contributed by atoms with Crippen LogP contribution in [0.1, 0.15) is 31.5 Å². The number of aliphatic carboxylic acids is 1. The molecule has 14 heavy (non-hydrogen) atoms. The third-order valence-corrected chi connectivity index (χ3v) is 2.35. The highest BCUT2D eigenvalue weighted by Crippen LogP contribution is 2.14. The average Bonchev–Trinajstić information content (AvgIpc) is 2.52. The van der Waals surface area contributed by atoms with Crippen molar-refractivity contribution in [3.05, 3.63) is 11.7 Å². The lowest BCUT2D eigenvalue weighted by Gasteiger charge is -1.93. The van der Waals surface area contributed by atoms with Crippen molar-refractivity contribution in [2.75, 3.05) is 5.75 Å². The number of hydrogen-bond acceptors (Lipinski definition) is 5. The van der Waals surface area contributed by atoms with E-state index in [1.54, 1.807) is 0 Å². The summed E-state index contributed by atoms with van der Waals surface area (Å²) in [5, 5.41) is 12.2. The second-order valence-electron chi connectivity index (χ2n) is 3.09. The fourth-order valence-electron chi connectivity index (χ4n) is 0.787. The Labute approximate surface area is 85.9 Å². The summed E-state index contributed by atoms with van der Waals surface area (Å²) in [5.41, 5.74) is 0. The van der Waals surface area contributed by atoms with E-state index in [4.69, 9.17) is 9.63 Å². The van der Waals surface area contributed by atoms with Crippen molar-refractivity contribution in [3.63, 3.8) is 0 Å². The van der Waals surface area contributed by atoms with E-state index in [0.29, 0.717) is 17.5 Å². The largest absolute Gasteiger partial charge is 0.481 e. The maximum atomic E-state index is 10.2. The van der Waals surface area contributed by atoms with Crippen molar-refractivity contribution in [2.24, 2.45) is 0 Å². The first-order valence-corrected chi connectivity index (χ1v) is 5.37. The van der Waals surface area contributed by atoms with Gasteiger partial charge in [0.05, 0.1) is 11.5 Å². The van der Waals surface area contributed by atoms with E-state index in [1.807, 2.05) is 13.8 Å². The number of carboxylic acids is 1. The number of carboxylic acid groups (broad SMARTS) is 1. The van der Waals surface area contributed by atoms with Crippen molar-refractivity contribution in [3.8, 4) is 0 Å². The summed E-state index contributed by atoms with van der Waals surface area (Å²) >= 11 is 1.24. The molecule has 0 bridgehead atoms. The molecule has 0 fully saturated rings. The lowest BCUT2D eigenvalue weighted by atomic mass is 10.2. The summed E-state index contributed by atoms with van der Waals surface area (Å²) in [6, 6.07) is 0. The molecular formula is C8H12N2O3S. The smallest absolute Gasteiger partial charge is 0.313 e. The molecule has 0 atom stereocenters. The monoisotopic (exact) mass is 216 g/mol. The van der Waals surface area contributed by atoms with Gasteiger partial charge >= 0.3 is 5.97 Å². The topological polar surface area (TPSA) is 76.2 Å². The maximum absolute atomic E-state index is 10.2. The van der Waals surface area contributed by atoms with E-state index >= 15 is 0 Å². The minimum atomic E-state index is -0.835. The SMILES string of the molecule is CC(C)c1noc(CSCC(=O)O)n1. The number of carbonyl (C=O) groups is 1. The Kier molecular flexibility index (Phi) is 3.94. The zero-order chi connectivity index (χ0) is 10.6. The second-order valence-corrected chi connectivity index (χ2v) is 4.07. The molecule has 1 aromatic heterocycles. The number of thioether (sulfide) groups is 1. The molecule has 1 rings (SSSR count). The Hall–Kier alpha value is -1.04. The first kappa shape index (κ1) is 11.0. The van der Waals surface area contributed by atoms with E-state index in [9.17, 15) is 4.79 Å². The standard InChI is InChI=1S/C8H12N2O3S/c1-5(2)8-9-6(13-10-8)3-14-4-7(11)12/h5H,3-4H2,1-2H3,(H,11,12). The van der Waals surface area contributed by atoms with Crippen LogP contribution in [0.25, 0.3) is 0 Å². The molecule has 0 amide bonds. The third-order valence-electron chi connectivity index (χ3n) is 1.45. The lowest BCUT2D eigenvalue weighted by molar-refractivity contribution is -0.133. The van der Waals surface area contributed by atoms with Crippen LogP contribution in [0.5, 0.6) is 0 Å². The van der Waals surface area contributed by atoms with Gasteiger partial charge in [-0.05, 0) is 0 Å². The van der Waals surface area contributed by atoms with Crippen LogP contribution in [0.15, 0.2) is 4.52 Å². The van der Waals surface area contributed by atoms with E-state index in [0.717, 1.165) is 0 Å². The molecule has 0 unspecified atom stereocenters. The predicted molar refractivity (Wildman–Crippen MR) is 52.2 cm³/mol. The molecule has 1 N–H and O–H groups in total. The van der Waals surface area contributed by atoms with E-state index in [-0.39, 0.29) is 11.7 Å². The first-order valence-electron chi connectivity index (χ1n) is 4.21. The number of aromatic nitrogens is 2. The highest BCUT2D eigenvalue weighted by Gasteiger charge is 2.09. The molecule has 1 aromatic rings. The van der Waals surface area contributed by atoms with Gasteiger partial charge in [-0.25, -0.2) is 0 Å². The van der Waals surface area contributed by atoms with Gasteiger partial charge in [-0.2, -0.15) is 4.98 Å². The van der Waals surface area contributed by atoms with Crippen molar-refractivity contribution in [1.29, 1.82) is 0 Å². The molecule has 0 aromatic carbocycles. The van der Waals surface area contributed by atoms with E-state index in [1.165, 1.54) is 11.8 Å². The van der Waals surface area contributed by atoms with Crippen molar-refractivity contribution >= 4 is 17.7 Å². The molecule has 0 radical (unpaired) electrons. The average molecular weight is 216 g/mol. The quantitative estimate of drug-likeness (QED) is 0.804. The summed E-state index contributed by atoms with van der Waals surface area (Å²) in [6.45, 7) is 3.94. The highest BCUT2D eigenvalue weighted by atomic mass is 32.2. The van der Waals surface area contributed by atoms with Crippen molar-refractivity contribution < 1.29 is 14.4 Å². The Bertz CT molecular complexity index is 311. The van der Waals surface area contributed by atoms with Gasteiger partial charge in [0.25, 0.3) is 0 Å². The van der Waals surface area contributed by atoms with Gasteiger partial charge in [-0.1, -0.05) is 19.0 Å². The van der Waals surface area contributed by atoms with Gasteiger partial charge in [-0.15, -0.1) is 11.8 Å². The Morgan fingerprint density at radius 1 is 1.64 bits per heavy atom. The van der Waals surface area contributed by atoms with Crippen LogP contribution >= 0.6 is 11.8 Å². The fraction of sp³-hybridized carbons (Fsp3) is 0.625. The molecule has 78 valence electrons. The summed E-state index contributed by atoms with van der Waals surface area (Å²) in [4.78, 5) is 14.3. The minimum absolute atomic E-state index is 0.0550. The van der Waals surface area contributed by atoms with Crippen molar-refractivity contribution in [2.45, 2.75) is 25.5 Å². The Morgan fingerprint density at radius 3 is 2.86 bits per heavy atom. The van der Waals surface area contributed by atoms with Crippen molar-refractivity contribution in [1.82, 2.24) is 10.1 Å². The van der Waals surface area contributed by atoms with Gasteiger partial charge in [-0.3, -0.25) is 4.79 Å². The van der Waals surface area contributed by atoms with Crippen LogP contribution in [0.3, 0.4) is 0 Å². The minimum Gasteiger partial charge on any atom is -0.481 e. The molecule has 0 spiro atoms. The molecule has 0 aliphatic heterocycles. The van der Waals surface area contributed by atoms with Crippen LogP contribution in [-0.4, -0.2) is 27.0 Å². The van der Waals surface area contributed by atoms with Crippen LogP contribution in [0, 0.1) is 0 Å². The number of rotatable bonds is 5. The van der Waals surface area contributed by atoms with Gasteiger partial charge in [0.2, 0.25) is 5.89 Å². The molecule has 0 saturated carbocycles. The molecule has 5 nitrogen and oxygen atoms in total. The van der Waals surface area contributed by atoms with Crippen LogP contribution in [-0.2, 0) is 10.5 Å². The van der Waals surface area contributed by atoms with Gasteiger partial charge < -0.3 is 9.63 Å².